The number of pyridine rings is 2. The number of nitrogens with two attached hydrogens (primary N) is 1. The van der Waals surface area contributed by atoms with Crippen molar-refractivity contribution in [2.45, 2.75) is 31.7 Å². The molecule has 1 amide bonds. The highest BCUT2D eigenvalue weighted by molar-refractivity contribution is 6.33. The highest BCUT2D eigenvalue weighted by Gasteiger charge is 2.29. The summed E-state index contributed by atoms with van der Waals surface area (Å²) in [5.41, 5.74) is 7.26. The number of hydrogen-bond donors (Lipinski definition) is 2. The Kier molecular flexibility index (Phi) is 5.52. The summed E-state index contributed by atoms with van der Waals surface area (Å²) in [6.45, 7) is 3.39. The van der Waals surface area contributed by atoms with Gasteiger partial charge in [-0.2, -0.15) is 0 Å². The fraction of sp³-hybridized carbons (Fsp3) is 0.450. The van der Waals surface area contributed by atoms with E-state index in [0.29, 0.717) is 22.3 Å². The van der Waals surface area contributed by atoms with Crippen molar-refractivity contribution in [2.24, 2.45) is 0 Å². The fourth-order valence-corrected chi connectivity index (χ4v) is 4.20. The number of nitrogens with one attached hydrogen (secondary N) is 2. The number of piperidine rings is 1. The first-order chi connectivity index (χ1) is 13.6. The highest BCUT2D eigenvalue weighted by atomic mass is 35.5. The van der Waals surface area contributed by atoms with Crippen LogP contribution in [0.2, 0.25) is 5.02 Å². The van der Waals surface area contributed by atoms with E-state index in [1.54, 1.807) is 18.5 Å². The predicted molar refractivity (Wildman–Crippen MR) is 111 cm³/mol. The van der Waals surface area contributed by atoms with E-state index in [1.165, 1.54) is 0 Å². The monoisotopic (exact) mass is 401 g/mol. The molecule has 0 unspecified atom stereocenters. The lowest BCUT2D eigenvalue weighted by Crippen LogP contribution is -2.42. The number of rotatable bonds is 4. The number of carbonyl (C=O) groups excluding carboxylic acids is 1. The van der Waals surface area contributed by atoms with Crippen molar-refractivity contribution < 1.29 is 9.78 Å². The zero-order valence-electron chi connectivity index (χ0n) is 15.8. The maximum Gasteiger partial charge on any atom is 0.293 e. The number of aromatic nitrogens is 2. The summed E-state index contributed by atoms with van der Waals surface area (Å²) in [6.07, 6.45) is 7.58. The van der Waals surface area contributed by atoms with Crippen LogP contribution in [-0.4, -0.2) is 48.0 Å². The molecule has 2 saturated heterocycles. The van der Waals surface area contributed by atoms with E-state index >= 15 is 0 Å². The van der Waals surface area contributed by atoms with Crippen molar-refractivity contribution in [1.82, 2.24) is 9.88 Å². The van der Waals surface area contributed by atoms with Gasteiger partial charge in [0.05, 0.1) is 24.3 Å². The fourth-order valence-electron chi connectivity index (χ4n) is 3.91. The van der Waals surface area contributed by atoms with Gasteiger partial charge in [0, 0.05) is 38.2 Å². The van der Waals surface area contributed by atoms with Gasteiger partial charge < -0.3 is 16.0 Å². The van der Waals surface area contributed by atoms with Crippen molar-refractivity contribution in [3.63, 3.8) is 0 Å². The number of likely N-dealkylation sites (tertiary alicyclic amines) is 1. The topological polar surface area (TPSA) is 88.6 Å². The van der Waals surface area contributed by atoms with Crippen LogP contribution in [0.1, 0.15) is 36.0 Å². The summed E-state index contributed by atoms with van der Waals surface area (Å²) >= 11 is 6.51. The van der Waals surface area contributed by atoms with E-state index in [-0.39, 0.29) is 5.91 Å². The molecule has 4 N–H and O–H groups in total. The summed E-state index contributed by atoms with van der Waals surface area (Å²) in [7, 11) is 0. The summed E-state index contributed by atoms with van der Waals surface area (Å²) in [6, 6.07) is 5.79. The second kappa shape index (κ2) is 8.22. The van der Waals surface area contributed by atoms with E-state index in [4.69, 9.17) is 17.3 Å². The van der Waals surface area contributed by atoms with Gasteiger partial charge in [0.15, 0.2) is 0 Å². The number of nitrogens with zero attached hydrogens (tertiary/aromatic N) is 3. The van der Waals surface area contributed by atoms with Crippen LogP contribution >= 0.6 is 11.6 Å². The second-order valence-corrected chi connectivity index (χ2v) is 7.84. The highest BCUT2D eigenvalue weighted by Crippen LogP contribution is 2.26. The van der Waals surface area contributed by atoms with E-state index in [2.05, 4.69) is 20.2 Å². The van der Waals surface area contributed by atoms with Gasteiger partial charge in [0.25, 0.3) is 11.7 Å². The molecule has 2 fully saturated rings. The molecule has 4 rings (SSSR count). The van der Waals surface area contributed by atoms with Crippen LogP contribution < -0.4 is 20.9 Å². The minimum atomic E-state index is 0.0538. The van der Waals surface area contributed by atoms with Crippen molar-refractivity contribution in [3.05, 3.63) is 41.2 Å². The molecule has 0 spiro atoms. The van der Waals surface area contributed by atoms with Crippen LogP contribution in [0.15, 0.2) is 30.6 Å². The number of H-pyrrole nitrogens is 1. The Balaban J connectivity index is 1.38. The Bertz CT molecular complexity index is 846. The number of nitrogen functional groups attached to an aromatic ring is 1. The first kappa shape index (κ1) is 18.8. The third-order valence-corrected chi connectivity index (χ3v) is 5.79. The lowest BCUT2D eigenvalue weighted by Gasteiger charge is -2.29. The van der Waals surface area contributed by atoms with Gasteiger partial charge in [-0.05, 0) is 31.0 Å². The van der Waals surface area contributed by atoms with Crippen LogP contribution in [0.25, 0.3) is 0 Å². The lowest BCUT2D eigenvalue weighted by molar-refractivity contribution is -0.364. The van der Waals surface area contributed by atoms with Crippen molar-refractivity contribution in [1.29, 1.82) is 0 Å². The maximum absolute atomic E-state index is 12.5. The molecule has 2 aliphatic rings. The van der Waals surface area contributed by atoms with Gasteiger partial charge in [-0.3, -0.25) is 9.69 Å². The average Bonchev–Trinajstić information content (AvgIpc) is 3.25. The Morgan fingerprint density at radius 1 is 1.25 bits per heavy atom. The van der Waals surface area contributed by atoms with Crippen molar-refractivity contribution in [3.8, 4) is 0 Å². The molecular formula is C20H26ClN6O+. The van der Waals surface area contributed by atoms with E-state index < -0.39 is 0 Å². The van der Waals surface area contributed by atoms with Gasteiger partial charge >= 0.3 is 0 Å². The maximum atomic E-state index is 12.5. The first-order valence-corrected chi connectivity index (χ1v) is 10.2. The predicted octanol–water partition coefficient (Wildman–Crippen LogP) is 2.45. The van der Waals surface area contributed by atoms with Gasteiger partial charge in [-0.15, -0.1) is 0 Å². The molecule has 0 bridgehead atoms. The molecule has 2 aromatic heterocycles. The van der Waals surface area contributed by atoms with E-state index in [1.807, 2.05) is 17.0 Å². The Hall–Kier alpha value is -2.54. The Morgan fingerprint density at radius 3 is 2.68 bits per heavy atom. The third-order valence-electron chi connectivity index (χ3n) is 5.50. The summed E-state index contributed by atoms with van der Waals surface area (Å²) in [5.74, 6) is 1.67. The molecule has 0 radical (unpaired) electrons. The van der Waals surface area contributed by atoms with E-state index in [0.717, 1.165) is 63.5 Å². The number of amides is 1. The summed E-state index contributed by atoms with van der Waals surface area (Å²) in [5, 5.41) is 4.02. The normalized spacial score (nSPS) is 17.8. The molecule has 7 nitrogen and oxygen atoms in total. The molecular weight excluding hydrogens is 376 g/mol. The number of anilines is 3. The number of halogens is 1. The van der Waals surface area contributed by atoms with Crippen molar-refractivity contribution >= 4 is 34.8 Å². The number of hydrogen-bond acceptors (Lipinski definition) is 5. The molecule has 0 saturated carbocycles. The summed E-state index contributed by atoms with van der Waals surface area (Å²) in [4.78, 5) is 24.2. The molecule has 2 aromatic rings. The largest absolute Gasteiger partial charge is 0.396 e. The molecule has 8 heteroatoms. The zero-order chi connectivity index (χ0) is 19.5. The third kappa shape index (κ3) is 3.99. The molecule has 4 heterocycles. The van der Waals surface area contributed by atoms with Crippen LogP contribution in [0.5, 0.6) is 0 Å². The van der Waals surface area contributed by atoms with E-state index in [9.17, 15) is 4.79 Å². The van der Waals surface area contributed by atoms with Crippen LogP contribution in [0.3, 0.4) is 0 Å². The molecule has 0 aromatic carbocycles. The quantitative estimate of drug-likeness (QED) is 0.821. The Labute approximate surface area is 169 Å². The molecule has 0 atom stereocenters. The van der Waals surface area contributed by atoms with Gasteiger partial charge in [0.2, 0.25) is 0 Å². The minimum Gasteiger partial charge on any atom is -0.396 e. The standard InChI is InChI=1S/C20H25ClN6O/c21-16-12-14(20(28)27-8-1-2-9-27)13-24-19(16)26-10-5-15(6-11-26)25-18-17(22)4-3-7-23-18/h3-4,7,12-13,15H,1-2,5-6,8-11,22H2,(H,23,25)/p+1. The SMILES string of the molecule is Nc1cccnc1NC1CCN(c2[nH+]cc(C(=O)N3CCCC3)cc2Cl)CC1. The van der Waals surface area contributed by atoms with Crippen LogP contribution in [-0.2, 0) is 0 Å². The molecule has 2 aliphatic heterocycles. The molecule has 148 valence electrons. The Morgan fingerprint density at radius 2 is 2.00 bits per heavy atom. The van der Waals surface area contributed by atoms with Gasteiger partial charge in [0.1, 0.15) is 17.0 Å². The smallest absolute Gasteiger partial charge is 0.293 e. The zero-order valence-corrected chi connectivity index (χ0v) is 16.6. The van der Waals surface area contributed by atoms with Crippen molar-refractivity contribution in [2.75, 3.05) is 42.1 Å². The second-order valence-electron chi connectivity index (χ2n) is 7.43. The van der Waals surface area contributed by atoms with Crippen LogP contribution in [0.4, 0.5) is 17.3 Å². The minimum absolute atomic E-state index is 0.0538. The van der Waals surface area contributed by atoms with Crippen LogP contribution in [0, 0.1) is 0 Å². The first-order valence-electron chi connectivity index (χ1n) is 9.84. The number of carbonyl (C=O) groups is 1. The summed E-state index contributed by atoms with van der Waals surface area (Å²) < 4.78 is 0. The van der Waals surface area contributed by atoms with Gasteiger partial charge in [-0.25, -0.2) is 9.97 Å². The number of aromatic amines is 1. The van der Waals surface area contributed by atoms with Gasteiger partial charge in [-0.1, -0.05) is 11.6 Å². The average molecular weight is 402 g/mol. The molecule has 0 aliphatic carbocycles. The molecule has 28 heavy (non-hydrogen) atoms. The lowest BCUT2D eigenvalue weighted by atomic mass is 10.0.